The molecule has 0 aromatic carbocycles. The van der Waals surface area contributed by atoms with Gasteiger partial charge >= 0.3 is 0 Å². The van der Waals surface area contributed by atoms with E-state index in [1.165, 1.54) is 0 Å². The van der Waals surface area contributed by atoms with Gasteiger partial charge in [0.25, 0.3) is 5.91 Å². The molecule has 1 aromatic heterocycles. The number of nitrogens with one attached hydrogen (secondary N) is 1. The first-order chi connectivity index (χ1) is 7.79. The number of carbonyl (C=O) groups excluding carboxylic acids is 1. The van der Waals surface area contributed by atoms with Crippen molar-refractivity contribution in [3.63, 3.8) is 0 Å². The van der Waals surface area contributed by atoms with Gasteiger partial charge in [0.05, 0.1) is 11.9 Å². The Balaban J connectivity index is 1.99. The number of anilines is 1. The number of pyridine rings is 1. The summed E-state index contributed by atoms with van der Waals surface area (Å²) in [4.78, 5) is 16.8. The molecule has 2 heterocycles. The first-order valence-electron chi connectivity index (χ1n) is 5.21. The molecule has 1 N–H and O–H groups in total. The zero-order valence-corrected chi connectivity index (χ0v) is 9.92. The van der Waals surface area contributed by atoms with Crippen molar-refractivity contribution in [2.24, 2.45) is 0 Å². The maximum absolute atomic E-state index is 11.7. The van der Waals surface area contributed by atoms with Crippen molar-refractivity contribution in [2.75, 3.05) is 18.2 Å². The van der Waals surface area contributed by atoms with Gasteiger partial charge in [0.2, 0.25) is 0 Å². The van der Waals surface area contributed by atoms with Crippen molar-refractivity contribution >= 4 is 23.4 Å². The maximum Gasteiger partial charge on any atom is 0.253 e. The van der Waals surface area contributed by atoms with Crippen molar-refractivity contribution in [2.45, 2.75) is 23.8 Å². The molecule has 1 aliphatic heterocycles. The Morgan fingerprint density at radius 3 is 3.19 bits per heavy atom. The molecule has 1 fully saturated rings. The summed E-state index contributed by atoms with van der Waals surface area (Å²) in [5.74, 6) is -0.0717. The molecule has 0 spiro atoms. The second-order valence-electron chi connectivity index (χ2n) is 3.60. The summed E-state index contributed by atoms with van der Waals surface area (Å²) in [5, 5.41) is 2.82. The fourth-order valence-corrected chi connectivity index (χ4v) is 2.02. The zero-order chi connectivity index (χ0) is 11.4. The fourth-order valence-electron chi connectivity index (χ4n) is 1.61. The number of amides is 1. The molecule has 0 radical (unpaired) electrons. The molecule has 5 heteroatoms. The summed E-state index contributed by atoms with van der Waals surface area (Å²) < 4.78 is 5.31. The normalized spacial score (nSPS) is 19.7. The first kappa shape index (κ1) is 11.4. The zero-order valence-electron chi connectivity index (χ0n) is 9.10. The Bertz CT molecular complexity index is 378. The van der Waals surface area contributed by atoms with E-state index < -0.39 is 0 Å². The second kappa shape index (κ2) is 5.32. The highest BCUT2D eigenvalue weighted by atomic mass is 32.2. The third kappa shape index (κ3) is 2.74. The van der Waals surface area contributed by atoms with Crippen LogP contribution in [0.3, 0.4) is 0 Å². The standard InChI is InChI=1S/C11H14N2O2S/c1-16-9-5-8(6-12-7-9)13-11(14)10-3-2-4-15-10/h5-7,10H,2-4H2,1H3,(H,13,14)/t10-/m1/s1. The Kier molecular flexibility index (Phi) is 3.79. The van der Waals surface area contributed by atoms with Crippen LogP contribution >= 0.6 is 11.8 Å². The summed E-state index contributed by atoms with van der Waals surface area (Å²) >= 11 is 1.60. The van der Waals surface area contributed by atoms with E-state index in [1.54, 1.807) is 24.2 Å². The number of aromatic nitrogens is 1. The van der Waals surface area contributed by atoms with E-state index in [2.05, 4.69) is 10.3 Å². The molecule has 1 atom stereocenters. The average molecular weight is 238 g/mol. The van der Waals surface area contributed by atoms with Gasteiger partial charge in [0, 0.05) is 17.7 Å². The minimum Gasteiger partial charge on any atom is -0.368 e. The Morgan fingerprint density at radius 1 is 1.62 bits per heavy atom. The van der Waals surface area contributed by atoms with Gasteiger partial charge in [-0.3, -0.25) is 9.78 Å². The third-order valence-electron chi connectivity index (χ3n) is 2.44. The molecule has 1 aliphatic rings. The summed E-state index contributed by atoms with van der Waals surface area (Å²) in [5.41, 5.74) is 0.729. The molecule has 2 rings (SSSR count). The number of nitrogens with zero attached hydrogens (tertiary/aromatic N) is 1. The van der Waals surface area contributed by atoms with Gasteiger partial charge in [0.1, 0.15) is 6.10 Å². The van der Waals surface area contributed by atoms with Crippen LogP contribution in [0.5, 0.6) is 0 Å². The minimum atomic E-state index is -0.294. The molecular weight excluding hydrogens is 224 g/mol. The lowest BCUT2D eigenvalue weighted by Gasteiger charge is -2.10. The molecule has 0 bridgehead atoms. The van der Waals surface area contributed by atoms with Crippen LogP contribution in [-0.2, 0) is 9.53 Å². The van der Waals surface area contributed by atoms with Crippen LogP contribution < -0.4 is 5.32 Å². The second-order valence-corrected chi connectivity index (χ2v) is 4.48. The first-order valence-corrected chi connectivity index (χ1v) is 6.43. The summed E-state index contributed by atoms with van der Waals surface area (Å²) in [6, 6.07) is 1.91. The molecular formula is C11H14N2O2S. The third-order valence-corrected chi connectivity index (χ3v) is 3.13. The Hall–Kier alpha value is -1.07. The summed E-state index contributed by atoms with van der Waals surface area (Å²) in [6.45, 7) is 0.682. The van der Waals surface area contributed by atoms with E-state index in [4.69, 9.17) is 4.74 Å². The van der Waals surface area contributed by atoms with Crippen LogP contribution in [0.2, 0.25) is 0 Å². The average Bonchev–Trinajstić information content (AvgIpc) is 2.83. The molecule has 0 saturated carbocycles. The van der Waals surface area contributed by atoms with Crippen molar-refractivity contribution in [1.82, 2.24) is 4.98 Å². The maximum atomic E-state index is 11.7. The highest BCUT2D eigenvalue weighted by molar-refractivity contribution is 7.98. The van der Waals surface area contributed by atoms with E-state index in [9.17, 15) is 4.79 Å². The summed E-state index contributed by atoms with van der Waals surface area (Å²) in [6.07, 6.45) is 6.86. The Morgan fingerprint density at radius 2 is 2.50 bits per heavy atom. The Labute approximate surface area is 98.8 Å². The number of carbonyl (C=O) groups is 1. The molecule has 4 nitrogen and oxygen atoms in total. The van der Waals surface area contributed by atoms with Gasteiger partial charge in [-0.25, -0.2) is 0 Å². The van der Waals surface area contributed by atoms with Gasteiger partial charge in [0.15, 0.2) is 0 Å². The largest absolute Gasteiger partial charge is 0.368 e. The number of thioether (sulfide) groups is 1. The predicted molar refractivity (Wildman–Crippen MR) is 63.6 cm³/mol. The molecule has 16 heavy (non-hydrogen) atoms. The smallest absolute Gasteiger partial charge is 0.253 e. The van der Waals surface area contributed by atoms with Gasteiger partial charge in [-0.05, 0) is 25.2 Å². The molecule has 1 saturated heterocycles. The fraction of sp³-hybridized carbons (Fsp3) is 0.455. The van der Waals surface area contributed by atoms with Crippen LogP contribution in [0.15, 0.2) is 23.4 Å². The van der Waals surface area contributed by atoms with Gasteiger partial charge < -0.3 is 10.1 Å². The predicted octanol–water partition coefficient (Wildman–Crippen LogP) is 1.92. The van der Waals surface area contributed by atoms with E-state index in [1.807, 2.05) is 12.3 Å². The number of ether oxygens (including phenoxy) is 1. The van der Waals surface area contributed by atoms with Gasteiger partial charge in [-0.15, -0.1) is 11.8 Å². The van der Waals surface area contributed by atoms with E-state index in [0.29, 0.717) is 6.61 Å². The lowest BCUT2D eigenvalue weighted by molar-refractivity contribution is -0.124. The number of rotatable bonds is 3. The highest BCUT2D eigenvalue weighted by Crippen LogP contribution is 2.19. The molecule has 0 unspecified atom stereocenters. The molecule has 0 aliphatic carbocycles. The summed E-state index contributed by atoms with van der Waals surface area (Å²) in [7, 11) is 0. The van der Waals surface area contributed by atoms with Gasteiger partial charge in [-0.2, -0.15) is 0 Å². The monoisotopic (exact) mass is 238 g/mol. The lowest BCUT2D eigenvalue weighted by Crippen LogP contribution is -2.26. The minimum absolute atomic E-state index is 0.0717. The molecule has 1 aromatic rings. The van der Waals surface area contributed by atoms with Crippen molar-refractivity contribution < 1.29 is 9.53 Å². The van der Waals surface area contributed by atoms with Crippen molar-refractivity contribution in [3.05, 3.63) is 18.5 Å². The van der Waals surface area contributed by atoms with Gasteiger partial charge in [-0.1, -0.05) is 0 Å². The van der Waals surface area contributed by atoms with E-state index in [-0.39, 0.29) is 12.0 Å². The highest BCUT2D eigenvalue weighted by Gasteiger charge is 2.23. The SMILES string of the molecule is CSc1cncc(NC(=O)[C@H]2CCCO2)c1. The molecule has 86 valence electrons. The van der Waals surface area contributed by atoms with Crippen molar-refractivity contribution in [1.29, 1.82) is 0 Å². The van der Waals surface area contributed by atoms with Crippen LogP contribution in [0.1, 0.15) is 12.8 Å². The topological polar surface area (TPSA) is 51.2 Å². The molecule has 1 amide bonds. The van der Waals surface area contributed by atoms with E-state index in [0.717, 1.165) is 23.4 Å². The van der Waals surface area contributed by atoms with Crippen LogP contribution in [0.25, 0.3) is 0 Å². The van der Waals surface area contributed by atoms with Crippen LogP contribution in [0, 0.1) is 0 Å². The van der Waals surface area contributed by atoms with E-state index >= 15 is 0 Å². The van der Waals surface area contributed by atoms with Crippen molar-refractivity contribution in [3.8, 4) is 0 Å². The van der Waals surface area contributed by atoms with Crippen LogP contribution in [0.4, 0.5) is 5.69 Å². The lowest BCUT2D eigenvalue weighted by atomic mass is 10.2. The quantitative estimate of drug-likeness (QED) is 0.817. The van der Waals surface area contributed by atoms with Crippen LogP contribution in [-0.4, -0.2) is 29.9 Å². The number of hydrogen-bond donors (Lipinski definition) is 1. The number of hydrogen-bond acceptors (Lipinski definition) is 4.